The highest BCUT2D eigenvalue weighted by Crippen LogP contribution is 2.32. The van der Waals surface area contributed by atoms with Gasteiger partial charge in [-0.25, -0.2) is 13.2 Å². The van der Waals surface area contributed by atoms with E-state index in [-0.39, 0.29) is 11.5 Å². The molecule has 3 aromatic rings. The van der Waals surface area contributed by atoms with Crippen LogP contribution < -0.4 is 5.32 Å². The van der Waals surface area contributed by atoms with Crippen LogP contribution in [0.3, 0.4) is 0 Å². The molecule has 2 heterocycles. The number of rotatable bonds is 5. The van der Waals surface area contributed by atoms with Crippen LogP contribution in [-0.4, -0.2) is 28.9 Å². The first-order valence-corrected chi connectivity index (χ1v) is 10.5. The molecule has 32 heavy (non-hydrogen) atoms. The van der Waals surface area contributed by atoms with Gasteiger partial charge in [0.25, 0.3) is 6.43 Å². The number of benzene rings is 2. The van der Waals surface area contributed by atoms with Crippen molar-refractivity contribution in [2.45, 2.75) is 32.7 Å². The highest BCUT2D eigenvalue weighted by molar-refractivity contribution is 5.93. The minimum atomic E-state index is -2.87. The van der Waals surface area contributed by atoms with Gasteiger partial charge in [-0.05, 0) is 42.7 Å². The number of pyridine rings is 1. The van der Waals surface area contributed by atoms with E-state index in [4.69, 9.17) is 0 Å². The van der Waals surface area contributed by atoms with E-state index < -0.39 is 23.8 Å². The summed E-state index contributed by atoms with van der Waals surface area (Å²) in [5.41, 5.74) is 3.30. The second-order valence-electron chi connectivity index (χ2n) is 7.95. The van der Waals surface area contributed by atoms with Crippen LogP contribution in [0.25, 0.3) is 16.5 Å². The topological polar surface area (TPSA) is 45.2 Å². The predicted octanol–water partition coefficient (Wildman–Crippen LogP) is 6.12. The van der Waals surface area contributed by atoms with Gasteiger partial charge in [0, 0.05) is 42.8 Å². The van der Waals surface area contributed by atoms with E-state index in [0.29, 0.717) is 13.1 Å². The molecule has 0 saturated carbocycles. The summed E-state index contributed by atoms with van der Waals surface area (Å²) in [6.45, 7) is 4.56. The van der Waals surface area contributed by atoms with Crippen LogP contribution in [-0.2, 0) is 4.79 Å². The van der Waals surface area contributed by atoms with Crippen LogP contribution in [0.5, 0.6) is 0 Å². The van der Waals surface area contributed by atoms with Crippen molar-refractivity contribution in [3.8, 4) is 0 Å². The Bertz CT molecular complexity index is 1190. The number of carbonyl (C=O) groups excluding carboxylic acids is 1. The van der Waals surface area contributed by atoms with E-state index in [1.54, 1.807) is 31.0 Å². The number of nitrogens with one attached hydrogen (secondary N) is 1. The van der Waals surface area contributed by atoms with Gasteiger partial charge >= 0.3 is 0 Å². The Balaban J connectivity index is 1.65. The van der Waals surface area contributed by atoms with E-state index >= 15 is 0 Å². The van der Waals surface area contributed by atoms with E-state index in [1.807, 2.05) is 18.2 Å². The molecule has 1 aliphatic rings. The molecule has 1 aliphatic heterocycles. The van der Waals surface area contributed by atoms with Gasteiger partial charge in [-0.2, -0.15) is 0 Å². The zero-order chi connectivity index (χ0) is 22.8. The zero-order valence-corrected chi connectivity index (χ0v) is 17.9. The molecule has 0 fully saturated rings. The van der Waals surface area contributed by atoms with Crippen LogP contribution in [0, 0.1) is 5.82 Å². The summed E-state index contributed by atoms with van der Waals surface area (Å²) in [7, 11) is 0. The molecule has 4 rings (SSSR count). The number of amides is 1. The Labute approximate surface area is 184 Å². The zero-order valence-electron chi connectivity index (χ0n) is 17.9. The second kappa shape index (κ2) is 9.02. The molecule has 166 valence electrons. The standard InChI is InChI=1S/C25H24F3N3O/c1-15(19-4-3-5-20(24(19)26)25(27)28)30-23-8-11-29-22-7-6-18(14-21(22)23)17-9-12-31(13-10-17)16(2)32/h3-9,11,14-15,25H,10,12-13H2,1-2H3,(H,29,30)/t15-/m1/s1. The summed E-state index contributed by atoms with van der Waals surface area (Å²) in [4.78, 5) is 17.8. The molecule has 0 radical (unpaired) electrons. The Morgan fingerprint density at radius 1 is 1.16 bits per heavy atom. The number of hydrogen-bond donors (Lipinski definition) is 1. The van der Waals surface area contributed by atoms with Crippen molar-refractivity contribution < 1.29 is 18.0 Å². The quantitative estimate of drug-likeness (QED) is 0.521. The van der Waals surface area contributed by atoms with Gasteiger partial charge in [0.05, 0.1) is 17.1 Å². The second-order valence-corrected chi connectivity index (χ2v) is 7.95. The minimum absolute atomic E-state index is 0.0617. The molecule has 7 heteroatoms. The molecule has 2 aromatic carbocycles. The van der Waals surface area contributed by atoms with Gasteiger partial charge in [0.15, 0.2) is 0 Å². The monoisotopic (exact) mass is 439 g/mol. The lowest BCUT2D eigenvalue weighted by Crippen LogP contribution is -2.32. The fourth-order valence-corrected chi connectivity index (χ4v) is 4.07. The lowest BCUT2D eigenvalue weighted by molar-refractivity contribution is -0.128. The number of alkyl halides is 2. The van der Waals surface area contributed by atoms with E-state index in [1.165, 1.54) is 12.1 Å². The maximum atomic E-state index is 14.6. The summed E-state index contributed by atoms with van der Waals surface area (Å²) in [6, 6.07) is 11.3. The maximum absolute atomic E-state index is 14.6. The van der Waals surface area contributed by atoms with Crippen molar-refractivity contribution >= 4 is 28.1 Å². The van der Waals surface area contributed by atoms with Crippen LogP contribution in [0.15, 0.2) is 54.7 Å². The summed E-state index contributed by atoms with van der Waals surface area (Å²) >= 11 is 0. The molecule has 1 amide bonds. The fraction of sp³-hybridized carbons (Fsp3) is 0.280. The van der Waals surface area contributed by atoms with E-state index in [2.05, 4.69) is 16.4 Å². The first-order chi connectivity index (χ1) is 15.3. The third kappa shape index (κ3) is 4.33. The van der Waals surface area contributed by atoms with Gasteiger partial charge in [-0.3, -0.25) is 9.78 Å². The molecule has 0 spiro atoms. The first-order valence-electron chi connectivity index (χ1n) is 10.5. The number of nitrogens with zero attached hydrogens (tertiary/aromatic N) is 2. The van der Waals surface area contributed by atoms with Crippen LogP contribution in [0.4, 0.5) is 18.9 Å². The van der Waals surface area contributed by atoms with Gasteiger partial charge < -0.3 is 10.2 Å². The molecule has 1 N–H and O–H groups in total. The Morgan fingerprint density at radius 3 is 2.62 bits per heavy atom. The van der Waals surface area contributed by atoms with Crippen molar-refractivity contribution in [2.24, 2.45) is 0 Å². The first kappa shape index (κ1) is 21.9. The lowest BCUT2D eigenvalue weighted by Gasteiger charge is -2.25. The van der Waals surface area contributed by atoms with Gasteiger partial charge in [0.2, 0.25) is 5.91 Å². The molecular weight excluding hydrogens is 415 g/mol. The van der Waals surface area contributed by atoms with Crippen molar-refractivity contribution in [3.05, 3.63) is 77.2 Å². The molecule has 0 bridgehead atoms. The molecular formula is C25H24F3N3O. The molecule has 4 nitrogen and oxygen atoms in total. The van der Waals surface area contributed by atoms with Crippen molar-refractivity contribution in [2.75, 3.05) is 18.4 Å². The number of hydrogen-bond acceptors (Lipinski definition) is 3. The number of anilines is 1. The minimum Gasteiger partial charge on any atom is -0.378 e. The van der Waals surface area contributed by atoms with E-state index in [9.17, 15) is 18.0 Å². The number of aromatic nitrogens is 1. The average molecular weight is 439 g/mol. The Morgan fingerprint density at radius 2 is 1.94 bits per heavy atom. The van der Waals surface area contributed by atoms with Gasteiger partial charge in [0.1, 0.15) is 5.82 Å². The smallest absolute Gasteiger partial charge is 0.266 e. The largest absolute Gasteiger partial charge is 0.378 e. The molecule has 1 aromatic heterocycles. The Hall–Kier alpha value is -3.35. The highest BCUT2D eigenvalue weighted by Gasteiger charge is 2.20. The van der Waals surface area contributed by atoms with Gasteiger partial charge in [-0.1, -0.05) is 30.3 Å². The molecule has 0 aliphatic carbocycles. The van der Waals surface area contributed by atoms with Gasteiger partial charge in [-0.15, -0.1) is 0 Å². The third-order valence-electron chi connectivity index (χ3n) is 5.90. The lowest BCUT2D eigenvalue weighted by atomic mass is 9.97. The summed E-state index contributed by atoms with van der Waals surface area (Å²) in [5.74, 6) is -0.824. The molecule has 0 unspecified atom stereocenters. The third-order valence-corrected chi connectivity index (χ3v) is 5.90. The summed E-state index contributed by atoms with van der Waals surface area (Å²) < 4.78 is 40.8. The SMILES string of the molecule is CC(=O)N1CC=C(c2ccc3nccc(N[C@H](C)c4cccc(C(F)F)c4F)c3c2)CC1. The summed E-state index contributed by atoms with van der Waals surface area (Å²) in [6.07, 6.45) is 1.61. The van der Waals surface area contributed by atoms with Crippen LogP contribution in [0.2, 0.25) is 0 Å². The van der Waals surface area contributed by atoms with Crippen molar-refractivity contribution in [1.82, 2.24) is 9.88 Å². The Kier molecular flexibility index (Phi) is 6.17. The van der Waals surface area contributed by atoms with Crippen LogP contribution in [0.1, 0.15) is 49.4 Å². The number of halogens is 3. The maximum Gasteiger partial charge on any atom is 0.266 e. The van der Waals surface area contributed by atoms with Crippen LogP contribution >= 0.6 is 0 Å². The van der Waals surface area contributed by atoms with Crippen molar-refractivity contribution in [3.63, 3.8) is 0 Å². The average Bonchev–Trinajstić information content (AvgIpc) is 2.79. The normalized spacial score (nSPS) is 15.1. The number of fused-ring (bicyclic) bond motifs is 1. The predicted molar refractivity (Wildman–Crippen MR) is 120 cm³/mol. The highest BCUT2D eigenvalue weighted by atomic mass is 19.3. The molecule has 1 atom stereocenters. The summed E-state index contributed by atoms with van der Waals surface area (Å²) in [5, 5.41) is 4.12. The number of carbonyl (C=O) groups is 1. The van der Waals surface area contributed by atoms with E-state index in [0.717, 1.165) is 40.2 Å². The molecule has 0 saturated heterocycles. The van der Waals surface area contributed by atoms with Crippen molar-refractivity contribution in [1.29, 1.82) is 0 Å². The fourth-order valence-electron chi connectivity index (χ4n) is 4.07.